The summed E-state index contributed by atoms with van der Waals surface area (Å²) < 4.78 is 11.4. The van der Waals surface area contributed by atoms with Gasteiger partial charge in [-0.05, 0) is 45.4 Å². The van der Waals surface area contributed by atoms with Crippen molar-refractivity contribution in [3.8, 4) is 5.75 Å². The molecule has 0 N–H and O–H groups in total. The van der Waals surface area contributed by atoms with Gasteiger partial charge in [0.1, 0.15) is 12.0 Å². The summed E-state index contributed by atoms with van der Waals surface area (Å²) in [7, 11) is 0. The van der Waals surface area contributed by atoms with Gasteiger partial charge in [-0.15, -0.1) is 12.4 Å². The maximum atomic E-state index is 10.7. The van der Waals surface area contributed by atoms with E-state index < -0.39 is 0 Å². The van der Waals surface area contributed by atoms with Crippen molar-refractivity contribution in [2.45, 2.75) is 38.9 Å². The second kappa shape index (κ2) is 9.82. The molecule has 1 fully saturated rings. The molecule has 0 aromatic heterocycles. The van der Waals surface area contributed by atoms with Crippen LogP contribution in [0, 0.1) is 0 Å². The van der Waals surface area contributed by atoms with Crippen molar-refractivity contribution in [1.29, 1.82) is 0 Å². The standard InChI is InChI=1S/C17H25NO3.ClH/c1-14-11-18(12-15(2)21-14)8-3-4-9-20-17-7-5-6-16(10-17)13-19;/h5-7,10,13-15H,3-4,8-9,11-12H2,1-2H3;1H. The van der Waals surface area contributed by atoms with Gasteiger partial charge in [0.25, 0.3) is 0 Å². The number of rotatable bonds is 7. The predicted octanol–water partition coefficient (Wildman–Crippen LogP) is 3.19. The first kappa shape index (κ1) is 18.9. The number of nitrogens with zero attached hydrogens (tertiary/aromatic N) is 1. The van der Waals surface area contributed by atoms with Crippen LogP contribution in [0.1, 0.15) is 37.0 Å². The average molecular weight is 328 g/mol. The lowest BCUT2D eigenvalue weighted by molar-refractivity contribution is -0.0682. The summed E-state index contributed by atoms with van der Waals surface area (Å²) in [5, 5.41) is 0. The number of carbonyl (C=O) groups excluding carboxylic acids is 1. The van der Waals surface area contributed by atoms with E-state index in [4.69, 9.17) is 9.47 Å². The van der Waals surface area contributed by atoms with Gasteiger partial charge in [-0.3, -0.25) is 9.69 Å². The van der Waals surface area contributed by atoms with Gasteiger partial charge in [0.15, 0.2) is 0 Å². The van der Waals surface area contributed by atoms with E-state index in [9.17, 15) is 4.79 Å². The zero-order valence-electron chi connectivity index (χ0n) is 13.4. The van der Waals surface area contributed by atoms with Gasteiger partial charge in [-0.2, -0.15) is 0 Å². The Balaban J connectivity index is 0.00000242. The van der Waals surface area contributed by atoms with Crippen molar-refractivity contribution in [3.05, 3.63) is 29.8 Å². The molecule has 22 heavy (non-hydrogen) atoms. The summed E-state index contributed by atoms with van der Waals surface area (Å²) in [4.78, 5) is 13.2. The highest BCUT2D eigenvalue weighted by molar-refractivity contribution is 5.85. The van der Waals surface area contributed by atoms with Crippen LogP contribution in [-0.2, 0) is 4.74 Å². The fraction of sp³-hybridized carbons (Fsp3) is 0.588. The third-order valence-corrected chi connectivity index (χ3v) is 3.63. The highest BCUT2D eigenvalue weighted by Gasteiger charge is 2.21. The molecule has 0 radical (unpaired) electrons. The summed E-state index contributed by atoms with van der Waals surface area (Å²) in [5.74, 6) is 0.771. The Morgan fingerprint density at radius 2 is 2.00 bits per heavy atom. The zero-order valence-corrected chi connectivity index (χ0v) is 14.2. The van der Waals surface area contributed by atoms with Gasteiger partial charge in [0, 0.05) is 18.7 Å². The number of ether oxygens (including phenoxy) is 2. The number of hydrogen-bond donors (Lipinski definition) is 0. The van der Waals surface area contributed by atoms with E-state index in [-0.39, 0.29) is 12.4 Å². The van der Waals surface area contributed by atoms with Crippen LogP contribution in [0.4, 0.5) is 0 Å². The molecule has 1 aliphatic rings. The lowest BCUT2D eigenvalue weighted by Gasteiger charge is -2.35. The smallest absolute Gasteiger partial charge is 0.150 e. The number of benzene rings is 1. The van der Waals surface area contributed by atoms with Gasteiger partial charge in [-0.25, -0.2) is 0 Å². The van der Waals surface area contributed by atoms with Crippen LogP contribution in [0.2, 0.25) is 0 Å². The largest absolute Gasteiger partial charge is 0.494 e. The molecule has 1 heterocycles. The normalized spacial score (nSPS) is 21.9. The van der Waals surface area contributed by atoms with Crippen molar-refractivity contribution in [3.63, 3.8) is 0 Å². The molecule has 4 nitrogen and oxygen atoms in total. The topological polar surface area (TPSA) is 38.8 Å². The second-order valence-electron chi connectivity index (χ2n) is 5.76. The molecular formula is C17H26ClNO3. The van der Waals surface area contributed by atoms with E-state index >= 15 is 0 Å². The van der Waals surface area contributed by atoms with Crippen molar-refractivity contribution < 1.29 is 14.3 Å². The minimum atomic E-state index is 0. The fourth-order valence-electron chi connectivity index (χ4n) is 2.77. The first-order valence-electron chi connectivity index (χ1n) is 7.73. The highest BCUT2D eigenvalue weighted by atomic mass is 35.5. The monoisotopic (exact) mass is 327 g/mol. The van der Waals surface area contributed by atoms with Crippen LogP contribution in [-0.4, -0.2) is 49.6 Å². The quantitative estimate of drug-likeness (QED) is 0.569. The molecule has 0 aliphatic carbocycles. The molecule has 2 unspecified atom stereocenters. The van der Waals surface area contributed by atoms with E-state index in [1.165, 1.54) is 0 Å². The number of morpholine rings is 1. The van der Waals surface area contributed by atoms with E-state index in [0.29, 0.717) is 24.4 Å². The third kappa shape index (κ3) is 6.34. The van der Waals surface area contributed by atoms with Crippen LogP contribution in [0.3, 0.4) is 0 Å². The molecule has 5 heteroatoms. The molecule has 0 amide bonds. The first-order chi connectivity index (χ1) is 10.2. The van der Waals surface area contributed by atoms with Crippen molar-refractivity contribution in [2.75, 3.05) is 26.2 Å². The van der Waals surface area contributed by atoms with E-state index in [1.807, 2.05) is 12.1 Å². The Morgan fingerprint density at radius 3 is 2.68 bits per heavy atom. The third-order valence-electron chi connectivity index (χ3n) is 3.63. The molecule has 1 saturated heterocycles. The summed E-state index contributed by atoms with van der Waals surface area (Å²) >= 11 is 0. The van der Waals surface area contributed by atoms with Gasteiger partial charge in [0.05, 0.1) is 18.8 Å². The van der Waals surface area contributed by atoms with Crippen LogP contribution in [0.15, 0.2) is 24.3 Å². The molecule has 0 spiro atoms. The van der Waals surface area contributed by atoms with Gasteiger partial charge in [0.2, 0.25) is 0 Å². The van der Waals surface area contributed by atoms with Crippen LogP contribution in [0.5, 0.6) is 5.75 Å². The molecule has 124 valence electrons. The molecular weight excluding hydrogens is 302 g/mol. The lowest BCUT2D eigenvalue weighted by Crippen LogP contribution is -2.45. The van der Waals surface area contributed by atoms with Crippen LogP contribution >= 0.6 is 12.4 Å². The lowest BCUT2D eigenvalue weighted by atomic mass is 10.2. The van der Waals surface area contributed by atoms with Gasteiger partial charge < -0.3 is 9.47 Å². The number of hydrogen-bond acceptors (Lipinski definition) is 4. The number of aldehydes is 1. The Bertz CT molecular complexity index is 445. The fourth-order valence-corrected chi connectivity index (χ4v) is 2.77. The number of carbonyl (C=O) groups is 1. The Morgan fingerprint density at radius 1 is 1.27 bits per heavy atom. The molecule has 0 saturated carbocycles. The SMILES string of the molecule is CC1CN(CCCCOc2cccc(C=O)c2)CC(C)O1.Cl. The highest BCUT2D eigenvalue weighted by Crippen LogP contribution is 2.13. The van der Waals surface area contributed by atoms with E-state index in [2.05, 4.69) is 18.7 Å². The second-order valence-corrected chi connectivity index (χ2v) is 5.76. The van der Waals surface area contributed by atoms with Crippen LogP contribution in [0.25, 0.3) is 0 Å². The van der Waals surface area contributed by atoms with E-state index in [1.54, 1.807) is 12.1 Å². The predicted molar refractivity (Wildman–Crippen MR) is 90.3 cm³/mol. The minimum Gasteiger partial charge on any atom is -0.494 e. The van der Waals surface area contributed by atoms with Gasteiger partial charge >= 0.3 is 0 Å². The number of halogens is 1. The molecule has 1 aromatic carbocycles. The first-order valence-corrected chi connectivity index (χ1v) is 7.73. The Labute approximate surface area is 139 Å². The summed E-state index contributed by atoms with van der Waals surface area (Å²) in [6.45, 7) is 8.09. The Kier molecular flexibility index (Phi) is 8.46. The average Bonchev–Trinajstić information content (AvgIpc) is 2.46. The molecule has 0 bridgehead atoms. The maximum absolute atomic E-state index is 10.7. The maximum Gasteiger partial charge on any atom is 0.150 e. The van der Waals surface area contributed by atoms with Crippen molar-refractivity contribution in [1.82, 2.24) is 4.90 Å². The minimum absolute atomic E-state index is 0. The molecule has 2 rings (SSSR count). The molecule has 2 atom stereocenters. The van der Waals surface area contributed by atoms with Gasteiger partial charge in [-0.1, -0.05) is 12.1 Å². The molecule has 1 aliphatic heterocycles. The van der Waals surface area contributed by atoms with Crippen LogP contribution < -0.4 is 4.74 Å². The Hall–Kier alpha value is -1.10. The van der Waals surface area contributed by atoms with E-state index in [0.717, 1.165) is 44.5 Å². The van der Waals surface area contributed by atoms with Crippen molar-refractivity contribution >= 4 is 18.7 Å². The summed E-state index contributed by atoms with van der Waals surface area (Å²) in [6, 6.07) is 7.28. The zero-order chi connectivity index (χ0) is 15.1. The summed E-state index contributed by atoms with van der Waals surface area (Å²) in [5.41, 5.74) is 0.656. The number of unbranched alkanes of at least 4 members (excludes halogenated alkanes) is 1. The van der Waals surface area contributed by atoms with Crippen molar-refractivity contribution in [2.24, 2.45) is 0 Å². The molecule has 1 aromatic rings. The summed E-state index contributed by atoms with van der Waals surface area (Å²) in [6.07, 6.45) is 3.64.